The summed E-state index contributed by atoms with van der Waals surface area (Å²) in [5, 5.41) is 13.7. The Labute approximate surface area is 130 Å². The summed E-state index contributed by atoms with van der Waals surface area (Å²) < 4.78 is 5.10. The highest BCUT2D eigenvalue weighted by atomic mass is 16.6. The number of fused-ring (bicyclic) bond motifs is 1. The predicted molar refractivity (Wildman–Crippen MR) is 84.7 cm³/mol. The fourth-order valence-corrected chi connectivity index (χ4v) is 2.36. The Kier molecular flexibility index (Phi) is 3.17. The molecule has 0 radical (unpaired) electrons. The lowest BCUT2D eigenvalue weighted by Gasteiger charge is -2.12. The minimum Gasteiger partial charge on any atom is -0.401 e. The minimum atomic E-state index is -0.617. The molecule has 0 saturated heterocycles. The zero-order valence-corrected chi connectivity index (χ0v) is 12.1. The Morgan fingerprint density at radius 2 is 2.13 bits per heavy atom. The van der Waals surface area contributed by atoms with Crippen molar-refractivity contribution in [2.24, 2.45) is 5.73 Å². The molecular weight excluding hydrogens is 302 g/mol. The van der Waals surface area contributed by atoms with E-state index in [2.05, 4.69) is 5.32 Å². The first-order valence-corrected chi connectivity index (χ1v) is 6.57. The monoisotopic (exact) mass is 315 g/mol. The summed E-state index contributed by atoms with van der Waals surface area (Å²) in [5.74, 6) is -0.0514. The number of furan rings is 1. The van der Waals surface area contributed by atoms with Gasteiger partial charge in [0.2, 0.25) is 0 Å². The van der Waals surface area contributed by atoms with Gasteiger partial charge < -0.3 is 26.1 Å². The van der Waals surface area contributed by atoms with E-state index in [-0.39, 0.29) is 17.1 Å². The zero-order valence-electron chi connectivity index (χ0n) is 12.1. The number of nitrogens with zero attached hydrogens (tertiary/aromatic N) is 2. The van der Waals surface area contributed by atoms with Crippen molar-refractivity contribution in [3.8, 4) is 0 Å². The van der Waals surface area contributed by atoms with Crippen LogP contribution in [0.3, 0.4) is 0 Å². The molecular formula is C14H13N5O4. The van der Waals surface area contributed by atoms with Gasteiger partial charge in [-0.3, -0.25) is 14.9 Å². The van der Waals surface area contributed by atoms with Crippen LogP contribution >= 0.6 is 0 Å². The quantitative estimate of drug-likeness (QED) is 0.445. The van der Waals surface area contributed by atoms with E-state index in [9.17, 15) is 14.9 Å². The molecule has 1 aromatic heterocycles. The molecule has 0 atom stereocenters. The molecule has 1 aliphatic rings. The Bertz CT molecular complexity index is 855. The van der Waals surface area contributed by atoms with Crippen LogP contribution in [-0.4, -0.2) is 17.9 Å². The number of benzene rings is 1. The highest BCUT2D eigenvalue weighted by molar-refractivity contribution is 6.05. The summed E-state index contributed by atoms with van der Waals surface area (Å²) in [6.45, 7) is 0. The average molecular weight is 315 g/mol. The maximum Gasteiger partial charge on any atom is 0.433 e. The van der Waals surface area contributed by atoms with Gasteiger partial charge in [0.05, 0.1) is 28.7 Å². The van der Waals surface area contributed by atoms with Gasteiger partial charge in [-0.1, -0.05) is 0 Å². The number of carbonyl (C=O) groups is 1. The Morgan fingerprint density at radius 3 is 2.74 bits per heavy atom. The topological polar surface area (TPSA) is 141 Å². The lowest BCUT2D eigenvalue weighted by atomic mass is 10.1. The summed E-state index contributed by atoms with van der Waals surface area (Å²) in [6.07, 6.45) is 1.59. The molecule has 0 fully saturated rings. The number of rotatable bonds is 3. The van der Waals surface area contributed by atoms with Crippen LogP contribution in [-0.2, 0) is 0 Å². The van der Waals surface area contributed by atoms with Crippen LogP contribution in [0, 0.1) is 10.1 Å². The number of nitrogens with two attached hydrogens (primary N) is 2. The van der Waals surface area contributed by atoms with E-state index in [1.807, 2.05) is 0 Å². The van der Waals surface area contributed by atoms with Crippen molar-refractivity contribution in [2.45, 2.75) is 0 Å². The van der Waals surface area contributed by atoms with Crippen LogP contribution in [0.1, 0.15) is 16.1 Å². The molecule has 1 aromatic carbocycles. The number of carbonyl (C=O) groups excluding carboxylic acids is 1. The van der Waals surface area contributed by atoms with Gasteiger partial charge in [-0.15, -0.1) is 0 Å². The second-order valence-corrected chi connectivity index (χ2v) is 4.93. The number of nitro groups is 1. The smallest absolute Gasteiger partial charge is 0.401 e. The normalized spacial score (nSPS) is 14.7. The summed E-state index contributed by atoms with van der Waals surface area (Å²) >= 11 is 0. The van der Waals surface area contributed by atoms with Crippen molar-refractivity contribution < 1.29 is 14.1 Å². The molecule has 1 amide bonds. The van der Waals surface area contributed by atoms with E-state index in [1.165, 1.54) is 12.1 Å². The molecule has 23 heavy (non-hydrogen) atoms. The van der Waals surface area contributed by atoms with Crippen molar-refractivity contribution >= 4 is 34.9 Å². The van der Waals surface area contributed by atoms with Gasteiger partial charge in [-0.2, -0.15) is 0 Å². The number of nitrogen functional groups attached to an aromatic ring is 1. The van der Waals surface area contributed by atoms with Crippen LogP contribution in [0.2, 0.25) is 0 Å². The number of hydrogen-bond donors (Lipinski definition) is 3. The zero-order chi connectivity index (χ0) is 16.7. The highest BCUT2D eigenvalue weighted by Gasteiger charge is 2.25. The van der Waals surface area contributed by atoms with Crippen LogP contribution < -0.4 is 21.7 Å². The van der Waals surface area contributed by atoms with Gasteiger partial charge in [0.25, 0.3) is 5.91 Å². The Hall–Kier alpha value is -3.49. The SMILES string of the molecule is CN1C(=Cc2ccc([N+](=O)[O-])o2)Nc2c1ccc(C(N)=O)c2N. The molecule has 9 nitrogen and oxygen atoms in total. The van der Waals surface area contributed by atoms with Gasteiger partial charge in [-0.25, -0.2) is 0 Å². The summed E-state index contributed by atoms with van der Waals surface area (Å²) in [5.41, 5.74) is 13.0. The molecule has 3 rings (SSSR count). The molecule has 9 heteroatoms. The third-order valence-corrected chi connectivity index (χ3v) is 3.54. The Morgan fingerprint density at radius 1 is 1.39 bits per heavy atom. The number of primary amides is 1. The standard InChI is InChI=1S/C14H13N5O4/c1-18-9-4-3-8(14(16)20)12(15)13(9)17-10(18)6-7-2-5-11(23-7)19(21)22/h2-6,17H,15H2,1H3,(H2,16,20). The molecule has 0 unspecified atom stereocenters. The molecule has 0 saturated carbocycles. The van der Waals surface area contributed by atoms with Crippen LogP contribution in [0.5, 0.6) is 0 Å². The number of nitrogens with one attached hydrogen (secondary N) is 1. The van der Waals surface area contributed by atoms with Crippen molar-refractivity contribution in [1.82, 2.24) is 0 Å². The first kappa shape index (κ1) is 14.4. The maximum absolute atomic E-state index is 11.3. The average Bonchev–Trinajstić information content (AvgIpc) is 3.07. The Balaban J connectivity index is 1.98. The van der Waals surface area contributed by atoms with Crippen molar-refractivity contribution in [3.63, 3.8) is 0 Å². The number of amides is 1. The fraction of sp³-hybridized carbons (Fsp3) is 0.0714. The lowest BCUT2D eigenvalue weighted by molar-refractivity contribution is -0.402. The highest BCUT2D eigenvalue weighted by Crippen LogP contribution is 2.41. The predicted octanol–water partition coefficient (Wildman–Crippen LogP) is 1.73. The first-order valence-electron chi connectivity index (χ1n) is 6.57. The van der Waals surface area contributed by atoms with Crippen molar-refractivity contribution in [2.75, 3.05) is 23.0 Å². The molecule has 0 aliphatic carbocycles. The fourth-order valence-electron chi connectivity index (χ4n) is 2.36. The minimum absolute atomic E-state index is 0.222. The third kappa shape index (κ3) is 2.33. The lowest BCUT2D eigenvalue weighted by Crippen LogP contribution is -2.14. The van der Waals surface area contributed by atoms with E-state index in [0.717, 1.165) is 5.69 Å². The molecule has 2 aromatic rings. The molecule has 118 valence electrons. The van der Waals surface area contributed by atoms with Crippen LogP contribution in [0.15, 0.2) is 34.5 Å². The van der Waals surface area contributed by atoms with Crippen molar-refractivity contribution in [3.05, 3.63) is 51.5 Å². The molecule has 0 spiro atoms. The van der Waals surface area contributed by atoms with E-state index in [1.54, 1.807) is 30.2 Å². The maximum atomic E-state index is 11.3. The van der Waals surface area contributed by atoms with Crippen molar-refractivity contribution in [1.29, 1.82) is 0 Å². The van der Waals surface area contributed by atoms with Gasteiger partial charge in [0.1, 0.15) is 16.5 Å². The second-order valence-electron chi connectivity index (χ2n) is 4.93. The number of hydrogen-bond acceptors (Lipinski definition) is 7. The molecule has 2 heterocycles. The largest absolute Gasteiger partial charge is 0.433 e. The van der Waals surface area contributed by atoms with Gasteiger partial charge in [0.15, 0.2) is 0 Å². The summed E-state index contributed by atoms with van der Waals surface area (Å²) in [7, 11) is 1.78. The van der Waals surface area contributed by atoms with Crippen LogP contribution in [0.25, 0.3) is 6.08 Å². The molecule has 1 aliphatic heterocycles. The van der Waals surface area contributed by atoms with E-state index in [0.29, 0.717) is 17.3 Å². The van der Waals surface area contributed by atoms with Gasteiger partial charge in [-0.05, 0) is 18.2 Å². The van der Waals surface area contributed by atoms with Crippen LogP contribution in [0.4, 0.5) is 22.9 Å². The molecule has 5 N–H and O–H groups in total. The van der Waals surface area contributed by atoms with E-state index >= 15 is 0 Å². The van der Waals surface area contributed by atoms with Gasteiger partial charge in [0, 0.05) is 13.1 Å². The third-order valence-electron chi connectivity index (χ3n) is 3.54. The van der Waals surface area contributed by atoms with E-state index in [4.69, 9.17) is 15.9 Å². The number of anilines is 3. The molecule has 0 bridgehead atoms. The summed E-state index contributed by atoms with van der Waals surface area (Å²) in [6, 6.07) is 6.02. The first-order chi connectivity index (χ1) is 10.9. The van der Waals surface area contributed by atoms with E-state index < -0.39 is 10.8 Å². The second kappa shape index (κ2) is 5.05. The van der Waals surface area contributed by atoms with Gasteiger partial charge >= 0.3 is 5.88 Å². The summed E-state index contributed by atoms with van der Waals surface area (Å²) in [4.78, 5) is 23.2.